The number of nitrogens with one attached hydrogen (secondary N) is 1. The lowest BCUT2D eigenvalue weighted by Gasteiger charge is -2.41. The van der Waals surface area contributed by atoms with E-state index in [0.29, 0.717) is 12.5 Å². The molecule has 1 heterocycles. The Morgan fingerprint density at radius 2 is 2.07 bits per heavy atom. The number of hydrogen-bond donors (Lipinski definition) is 2. The molecule has 1 aromatic heterocycles. The van der Waals surface area contributed by atoms with Crippen LogP contribution in [0.4, 0.5) is 5.95 Å². The molecule has 0 radical (unpaired) electrons. The maximum atomic E-state index is 5.72. The van der Waals surface area contributed by atoms with Crippen LogP contribution in [0.5, 0.6) is 0 Å². The zero-order valence-corrected chi connectivity index (χ0v) is 9.42. The van der Waals surface area contributed by atoms with Gasteiger partial charge in [-0.05, 0) is 35.2 Å². The van der Waals surface area contributed by atoms with E-state index in [-0.39, 0.29) is 5.54 Å². The smallest absolute Gasteiger partial charge is 0.223 e. The molecule has 0 aliphatic heterocycles. The molecule has 1 aromatic rings. The highest BCUT2D eigenvalue weighted by atomic mass is 79.9. The van der Waals surface area contributed by atoms with Crippen molar-refractivity contribution in [3.05, 3.63) is 16.9 Å². The lowest BCUT2D eigenvalue weighted by atomic mass is 9.77. The molecule has 0 atom stereocenters. The molecule has 3 N–H and O–H groups in total. The van der Waals surface area contributed by atoms with Crippen LogP contribution in [0, 0.1) is 0 Å². The van der Waals surface area contributed by atoms with E-state index in [9.17, 15) is 0 Å². The lowest BCUT2D eigenvalue weighted by molar-refractivity contribution is 0.285. The highest BCUT2D eigenvalue weighted by Crippen LogP contribution is 2.33. The normalized spacial score (nSPS) is 18.7. The molecule has 0 unspecified atom stereocenters. The molecule has 1 aliphatic rings. The van der Waals surface area contributed by atoms with Crippen LogP contribution in [0.15, 0.2) is 16.9 Å². The van der Waals surface area contributed by atoms with Gasteiger partial charge < -0.3 is 11.1 Å². The molecule has 4 nitrogen and oxygen atoms in total. The highest BCUT2D eigenvalue weighted by molar-refractivity contribution is 9.10. The minimum absolute atomic E-state index is 0.0494. The third-order valence-corrected chi connectivity index (χ3v) is 3.11. The Morgan fingerprint density at radius 1 is 1.43 bits per heavy atom. The van der Waals surface area contributed by atoms with Gasteiger partial charge in [-0.2, -0.15) is 0 Å². The minimum Gasteiger partial charge on any atom is -0.348 e. The highest BCUT2D eigenvalue weighted by Gasteiger charge is 2.35. The van der Waals surface area contributed by atoms with Crippen LogP contribution < -0.4 is 11.1 Å². The van der Waals surface area contributed by atoms with Gasteiger partial charge in [0.25, 0.3) is 0 Å². The van der Waals surface area contributed by atoms with Crippen molar-refractivity contribution < 1.29 is 0 Å². The van der Waals surface area contributed by atoms with Crippen molar-refractivity contribution in [3.63, 3.8) is 0 Å². The van der Waals surface area contributed by atoms with Gasteiger partial charge in [0.15, 0.2) is 0 Å². The molecule has 0 bridgehead atoms. The van der Waals surface area contributed by atoms with E-state index >= 15 is 0 Å². The fourth-order valence-corrected chi connectivity index (χ4v) is 1.80. The van der Waals surface area contributed by atoms with E-state index in [2.05, 4.69) is 31.2 Å². The summed E-state index contributed by atoms with van der Waals surface area (Å²) in [6.07, 6.45) is 6.93. The molecule has 5 heteroatoms. The molecule has 0 aromatic carbocycles. The van der Waals surface area contributed by atoms with E-state index in [1.54, 1.807) is 12.4 Å². The lowest BCUT2D eigenvalue weighted by Crippen LogP contribution is -2.51. The summed E-state index contributed by atoms with van der Waals surface area (Å²) in [6.45, 7) is 0.645. The second kappa shape index (κ2) is 3.82. The summed E-state index contributed by atoms with van der Waals surface area (Å²) < 4.78 is 0.887. The van der Waals surface area contributed by atoms with E-state index < -0.39 is 0 Å². The van der Waals surface area contributed by atoms with Crippen molar-refractivity contribution in [3.8, 4) is 0 Å². The van der Waals surface area contributed by atoms with Gasteiger partial charge in [0.1, 0.15) is 0 Å². The molecule has 1 fully saturated rings. The third kappa shape index (κ3) is 1.88. The van der Waals surface area contributed by atoms with Crippen molar-refractivity contribution in [2.45, 2.75) is 24.8 Å². The van der Waals surface area contributed by atoms with Crippen LogP contribution in [-0.4, -0.2) is 22.1 Å². The minimum atomic E-state index is 0.0494. The van der Waals surface area contributed by atoms with E-state index in [1.807, 2.05) is 0 Å². The number of halogens is 1. The van der Waals surface area contributed by atoms with Gasteiger partial charge >= 0.3 is 0 Å². The van der Waals surface area contributed by atoms with Crippen molar-refractivity contribution in [2.75, 3.05) is 11.9 Å². The first-order chi connectivity index (χ1) is 6.74. The number of rotatable bonds is 3. The molecule has 76 valence electrons. The van der Waals surface area contributed by atoms with Crippen molar-refractivity contribution in [1.29, 1.82) is 0 Å². The molecule has 0 saturated heterocycles. The molecular formula is C9H13BrN4. The number of hydrogen-bond acceptors (Lipinski definition) is 4. The Labute approximate surface area is 91.4 Å². The largest absolute Gasteiger partial charge is 0.348 e. The SMILES string of the molecule is NCC1(Nc2ncc(Br)cn2)CCC1. The van der Waals surface area contributed by atoms with Gasteiger partial charge in [-0.1, -0.05) is 0 Å². The van der Waals surface area contributed by atoms with E-state index in [4.69, 9.17) is 5.73 Å². The molecule has 2 rings (SSSR count). The second-order valence-electron chi connectivity index (χ2n) is 3.69. The summed E-state index contributed by atoms with van der Waals surface area (Å²) >= 11 is 3.30. The van der Waals surface area contributed by atoms with Crippen LogP contribution >= 0.6 is 15.9 Å². The van der Waals surface area contributed by atoms with Gasteiger partial charge in [-0.3, -0.25) is 0 Å². The maximum Gasteiger partial charge on any atom is 0.223 e. The van der Waals surface area contributed by atoms with Crippen molar-refractivity contribution >= 4 is 21.9 Å². The Hall–Kier alpha value is -0.680. The summed E-state index contributed by atoms with van der Waals surface area (Å²) in [5, 5.41) is 3.30. The average molecular weight is 257 g/mol. The standard InChI is InChI=1S/C9H13BrN4/c10-7-4-12-8(13-5-7)14-9(6-11)2-1-3-9/h4-5H,1-3,6,11H2,(H,12,13,14). The zero-order valence-electron chi connectivity index (χ0n) is 7.83. The monoisotopic (exact) mass is 256 g/mol. The molecule has 1 aliphatic carbocycles. The summed E-state index contributed by atoms with van der Waals surface area (Å²) in [5.74, 6) is 0.665. The fourth-order valence-electron chi connectivity index (χ4n) is 1.60. The van der Waals surface area contributed by atoms with Crippen LogP contribution in [0.3, 0.4) is 0 Å². The Morgan fingerprint density at radius 3 is 2.50 bits per heavy atom. The van der Waals surface area contributed by atoms with Gasteiger partial charge in [-0.25, -0.2) is 9.97 Å². The fraction of sp³-hybridized carbons (Fsp3) is 0.556. The number of anilines is 1. The van der Waals surface area contributed by atoms with Crippen LogP contribution in [0.2, 0.25) is 0 Å². The molecule has 1 saturated carbocycles. The first kappa shape index (κ1) is 9.86. The maximum absolute atomic E-state index is 5.72. The summed E-state index contributed by atoms with van der Waals surface area (Å²) in [7, 11) is 0. The predicted octanol–water partition coefficient (Wildman–Crippen LogP) is 1.53. The zero-order chi connectivity index (χ0) is 10.0. The van der Waals surface area contributed by atoms with Crippen molar-refractivity contribution in [1.82, 2.24) is 9.97 Å². The number of nitrogens with two attached hydrogens (primary N) is 1. The second-order valence-corrected chi connectivity index (χ2v) is 4.60. The first-order valence-corrected chi connectivity index (χ1v) is 5.49. The third-order valence-electron chi connectivity index (χ3n) is 2.70. The summed E-state index contributed by atoms with van der Waals surface area (Å²) in [4.78, 5) is 8.34. The van der Waals surface area contributed by atoms with Crippen LogP contribution in [0.25, 0.3) is 0 Å². The van der Waals surface area contributed by atoms with Crippen LogP contribution in [0.1, 0.15) is 19.3 Å². The quantitative estimate of drug-likeness (QED) is 0.861. The average Bonchev–Trinajstić information content (AvgIpc) is 2.15. The molecular weight excluding hydrogens is 244 g/mol. The van der Waals surface area contributed by atoms with Gasteiger partial charge in [0.2, 0.25) is 5.95 Å². The summed E-state index contributed by atoms with van der Waals surface area (Å²) in [6, 6.07) is 0. The van der Waals surface area contributed by atoms with Gasteiger partial charge in [0, 0.05) is 18.9 Å². The number of aromatic nitrogens is 2. The molecule has 0 amide bonds. The Balaban J connectivity index is 2.06. The number of nitrogens with zero attached hydrogens (tertiary/aromatic N) is 2. The van der Waals surface area contributed by atoms with Crippen molar-refractivity contribution in [2.24, 2.45) is 5.73 Å². The van der Waals surface area contributed by atoms with Crippen LogP contribution in [-0.2, 0) is 0 Å². The Kier molecular flexibility index (Phi) is 2.69. The van der Waals surface area contributed by atoms with Gasteiger partial charge in [0.05, 0.1) is 10.0 Å². The van der Waals surface area contributed by atoms with Gasteiger partial charge in [-0.15, -0.1) is 0 Å². The molecule has 14 heavy (non-hydrogen) atoms. The summed E-state index contributed by atoms with van der Waals surface area (Å²) in [5.41, 5.74) is 5.77. The molecule has 0 spiro atoms. The predicted molar refractivity (Wildman–Crippen MR) is 59.0 cm³/mol. The first-order valence-electron chi connectivity index (χ1n) is 4.70. The topological polar surface area (TPSA) is 63.8 Å². The van der Waals surface area contributed by atoms with E-state index in [0.717, 1.165) is 17.3 Å². The Bertz CT molecular complexity index is 302. The van der Waals surface area contributed by atoms with E-state index in [1.165, 1.54) is 6.42 Å².